The fourth-order valence-corrected chi connectivity index (χ4v) is 9.85. The van der Waals surface area contributed by atoms with Crippen molar-refractivity contribution in [2.75, 3.05) is 69.8 Å². The van der Waals surface area contributed by atoms with Gasteiger partial charge < -0.3 is 29.4 Å². The monoisotopic (exact) mass is 799 g/mol. The average Bonchev–Trinajstić information content (AvgIpc) is 3.28. The van der Waals surface area contributed by atoms with Crippen LogP contribution in [0.25, 0.3) is 11.3 Å². The van der Waals surface area contributed by atoms with E-state index >= 15 is 0 Å². The molecule has 4 aromatic rings. The molecule has 3 aromatic carbocycles. The number of rotatable bonds is 11. The molecule has 1 aromatic heterocycles. The van der Waals surface area contributed by atoms with Gasteiger partial charge in [-0.25, -0.2) is 0 Å². The molecule has 4 aliphatic rings. The summed E-state index contributed by atoms with van der Waals surface area (Å²) in [5.41, 5.74) is 4.68. The van der Waals surface area contributed by atoms with Crippen molar-refractivity contribution in [3.05, 3.63) is 96.2 Å². The Morgan fingerprint density at radius 2 is 1.59 bits per heavy atom. The molecule has 12 heteroatoms. The highest BCUT2D eigenvalue weighted by Gasteiger charge is 2.46. The normalized spacial score (nSPS) is 20.6. The Kier molecular flexibility index (Phi) is 12.1. The first-order valence-electron chi connectivity index (χ1n) is 21.4. The molecule has 2 N–H and O–H groups in total. The van der Waals surface area contributed by atoms with Gasteiger partial charge in [-0.3, -0.25) is 19.7 Å². The van der Waals surface area contributed by atoms with E-state index in [1.165, 1.54) is 24.9 Å². The van der Waals surface area contributed by atoms with Crippen LogP contribution in [0.15, 0.2) is 85.1 Å². The van der Waals surface area contributed by atoms with Gasteiger partial charge in [-0.15, -0.1) is 0 Å². The predicted octanol–water partition coefficient (Wildman–Crippen LogP) is 6.15. The van der Waals surface area contributed by atoms with Gasteiger partial charge in [-0.2, -0.15) is 10.2 Å². The van der Waals surface area contributed by atoms with Crippen LogP contribution in [0.4, 0.5) is 11.4 Å². The maximum Gasteiger partial charge on any atom is 0.234 e. The van der Waals surface area contributed by atoms with Crippen LogP contribution >= 0.6 is 0 Å². The third-order valence-corrected chi connectivity index (χ3v) is 13.6. The van der Waals surface area contributed by atoms with E-state index in [1.54, 1.807) is 25.4 Å². The molecule has 4 aliphatic heterocycles. The van der Waals surface area contributed by atoms with Gasteiger partial charge in [0.1, 0.15) is 11.5 Å². The number of aromatic hydroxyl groups is 1. The first-order valence-corrected chi connectivity index (χ1v) is 21.4. The molecule has 1 atom stereocenters. The number of nitrogens with zero attached hydrogens (tertiary/aromatic N) is 6. The van der Waals surface area contributed by atoms with Crippen LogP contribution in [-0.4, -0.2) is 109 Å². The van der Waals surface area contributed by atoms with E-state index < -0.39 is 5.41 Å². The number of anilines is 2. The van der Waals surface area contributed by atoms with E-state index in [1.807, 2.05) is 43.4 Å². The zero-order valence-corrected chi connectivity index (χ0v) is 34.4. The highest BCUT2D eigenvalue weighted by atomic mass is 16.5. The summed E-state index contributed by atoms with van der Waals surface area (Å²) in [7, 11) is 3.68. The van der Waals surface area contributed by atoms with E-state index in [-0.39, 0.29) is 35.4 Å². The molecule has 0 radical (unpaired) electrons. The molecule has 0 bridgehead atoms. The summed E-state index contributed by atoms with van der Waals surface area (Å²) in [5.74, 6) is 1.19. The number of aromatic nitrogens is 2. The van der Waals surface area contributed by atoms with E-state index in [2.05, 4.69) is 65.4 Å². The highest BCUT2D eigenvalue weighted by molar-refractivity contribution is 6.01. The smallest absolute Gasteiger partial charge is 0.234 e. The number of imide groups is 1. The van der Waals surface area contributed by atoms with E-state index in [4.69, 9.17) is 4.74 Å². The number of benzene rings is 3. The van der Waals surface area contributed by atoms with Gasteiger partial charge in [0, 0.05) is 70.0 Å². The minimum Gasteiger partial charge on any atom is -0.507 e. The number of carbonyl (C=O) groups is 3. The van der Waals surface area contributed by atoms with Gasteiger partial charge in [-0.1, -0.05) is 36.4 Å². The van der Waals surface area contributed by atoms with Crippen molar-refractivity contribution >= 4 is 29.1 Å². The molecule has 4 saturated heterocycles. The van der Waals surface area contributed by atoms with E-state index in [0.717, 1.165) is 68.1 Å². The second-order valence-electron chi connectivity index (χ2n) is 16.9. The molecule has 310 valence electrons. The van der Waals surface area contributed by atoms with Gasteiger partial charge in [0.2, 0.25) is 17.7 Å². The van der Waals surface area contributed by atoms with Crippen LogP contribution in [-0.2, 0) is 19.8 Å². The maximum absolute atomic E-state index is 14.9. The molecule has 12 nitrogen and oxygen atoms in total. The lowest BCUT2D eigenvalue weighted by atomic mass is 9.71. The average molecular weight is 800 g/mol. The number of likely N-dealkylation sites (N-methyl/N-ethyl adjacent to an activating group) is 1. The summed E-state index contributed by atoms with van der Waals surface area (Å²) in [4.78, 5) is 48.1. The lowest BCUT2D eigenvalue weighted by Gasteiger charge is -2.46. The first kappa shape index (κ1) is 40.3. The second-order valence-corrected chi connectivity index (χ2v) is 16.9. The number of carbonyl (C=O) groups excluding carboxylic acids is 3. The van der Waals surface area contributed by atoms with Crippen molar-refractivity contribution in [1.29, 1.82) is 0 Å². The molecule has 4 fully saturated rings. The Morgan fingerprint density at radius 3 is 2.31 bits per heavy atom. The van der Waals surface area contributed by atoms with E-state index in [9.17, 15) is 19.5 Å². The van der Waals surface area contributed by atoms with Crippen molar-refractivity contribution in [3.63, 3.8) is 0 Å². The third kappa shape index (κ3) is 8.78. The van der Waals surface area contributed by atoms with Gasteiger partial charge in [0.05, 0.1) is 36.0 Å². The molecule has 0 aliphatic carbocycles. The first-order chi connectivity index (χ1) is 28.7. The van der Waals surface area contributed by atoms with Gasteiger partial charge in [0.15, 0.2) is 0 Å². The van der Waals surface area contributed by atoms with Crippen LogP contribution in [0.3, 0.4) is 0 Å². The van der Waals surface area contributed by atoms with Gasteiger partial charge in [0.25, 0.3) is 0 Å². The molecule has 0 unspecified atom stereocenters. The Morgan fingerprint density at radius 1 is 0.864 bits per heavy atom. The molecule has 59 heavy (non-hydrogen) atoms. The number of para-hydroxylation sites is 1. The molecule has 8 rings (SSSR count). The number of phenolic OH excluding ortho intramolecular Hbond substituents is 1. The summed E-state index contributed by atoms with van der Waals surface area (Å²) in [6.07, 6.45) is 9.50. The Balaban J connectivity index is 0.839. The molecule has 0 spiro atoms. The fraction of sp³-hybridized carbons (Fsp3) is 0.468. The Hall–Kier alpha value is -5.49. The maximum atomic E-state index is 14.9. The zero-order chi connectivity index (χ0) is 40.9. The molecular weight excluding hydrogens is 743 g/mol. The van der Waals surface area contributed by atoms with E-state index in [0.29, 0.717) is 55.9 Å². The molecule has 0 saturated carbocycles. The predicted molar refractivity (Wildman–Crippen MR) is 229 cm³/mol. The number of phenols is 1. The summed E-state index contributed by atoms with van der Waals surface area (Å²) >= 11 is 0. The fourth-order valence-electron chi connectivity index (χ4n) is 9.85. The quantitative estimate of drug-likeness (QED) is 0.171. The van der Waals surface area contributed by atoms with Crippen molar-refractivity contribution in [1.82, 2.24) is 25.3 Å². The highest BCUT2D eigenvalue weighted by Crippen LogP contribution is 2.41. The number of methoxy groups -OCH3 is 1. The standard InChI is InChI=1S/C47H57N7O5/c1-51(36-19-24-52(25-20-36)23-16-33-17-26-53(27-18-33)37-12-10-34(11-13-37)40-14-15-44(56)49-45(40)57)46(58)47(35-6-5-7-39(30-35)59-2)21-28-54(29-22-47)38-31-42(50-48-32-38)41-8-3-4-9-43(41)55/h3-13,30-33,36,40,55H,14-29H2,1-2H3,(H,49,56,57)/t40-/m1/s1. The summed E-state index contributed by atoms with van der Waals surface area (Å²) in [6, 6.07) is 25.7. The zero-order valence-electron chi connectivity index (χ0n) is 34.4. The number of hydrogen-bond acceptors (Lipinski definition) is 10. The molecular formula is C47H57N7O5. The lowest BCUT2D eigenvalue weighted by molar-refractivity contribution is -0.140. The van der Waals surface area contributed by atoms with Crippen molar-refractivity contribution in [2.45, 2.75) is 75.2 Å². The topological polar surface area (TPSA) is 131 Å². The van der Waals surface area contributed by atoms with Crippen LogP contribution in [0.1, 0.15) is 74.8 Å². The van der Waals surface area contributed by atoms with Crippen LogP contribution in [0, 0.1) is 5.92 Å². The number of amides is 3. The summed E-state index contributed by atoms with van der Waals surface area (Å²) in [5, 5.41) is 21.5. The summed E-state index contributed by atoms with van der Waals surface area (Å²) < 4.78 is 5.64. The molecule has 5 heterocycles. The minimum absolute atomic E-state index is 0.167. The number of hydrogen-bond donors (Lipinski definition) is 2. The van der Waals surface area contributed by atoms with Gasteiger partial charge >= 0.3 is 0 Å². The van der Waals surface area contributed by atoms with Crippen molar-refractivity contribution in [3.8, 4) is 22.8 Å². The van der Waals surface area contributed by atoms with Gasteiger partial charge in [-0.05, 0) is 117 Å². The number of ether oxygens (including phenoxy) is 1. The lowest BCUT2D eigenvalue weighted by Crippen LogP contribution is -2.56. The van der Waals surface area contributed by atoms with Crippen LogP contribution in [0.5, 0.6) is 11.5 Å². The third-order valence-electron chi connectivity index (χ3n) is 13.6. The number of piperidine rings is 4. The Bertz CT molecular complexity index is 2100. The van der Waals surface area contributed by atoms with Crippen LogP contribution in [0.2, 0.25) is 0 Å². The minimum atomic E-state index is -0.678. The molecule has 3 amide bonds. The largest absolute Gasteiger partial charge is 0.507 e. The number of likely N-dealkylation sites (tertiary alicyclic amines) is 1. The van der Waals surface area contributed by atoms with Crippen molar-refractivity contribution in [2.24, 2.45) is 5.92 Å². The van der Waals surface area contributed by atoms with Crippen molar-refractivity contribution < 1.29 is 24.2 Å². The second kappa shape index (κ2) is 17.8. The Labute approximate surface area is 347 Å². The van der Waals surface area contributed by atoms with Crippen LogP contribution < -0.4 is 19.9 Å². The summed E-state index contributed by atoms with van der Waals surface area (Å²) in [6.45, 7) is 6.50. The number of nitrogens with one attached hydrogen (secondary N) is 1. The SMILES string of the molecule is COc1cccc(C2(C(=O)N(C)C3CCN(CCC4CCN(c5ccc([C@H]6CCC(=O)NC6=O)cc5)CC4)CC3)CCN(c3cnnc(-c4ccccc4O)c3)CC2)c1.